The molecule has 2 unspecified atom stereocenters. The second-order valence-electron chi connectivity index (χ2n) is 24.1. The Morgan fingerprint density at radius 1 is 0.377 bits per heavy atom. The third-order valence-electron chi connectivity index (χ3n) is 15.2. The molecule has 0 spiro atoms. The zero-order valence-electron chi connectivity index (χ0n) is 51.9. The average molecular weight is 1090 g/mol. The Hall–Kier alpha value is -2.23. The van der Waals surface area contributed by atoms with E-state index in [1.165, 1.54) is 250 Å². The Morgan fingerprint density at radius 3 is 0.961 bits per heavy atom. The summed E-state index contributed by atoms with van der Waals surface area (Å²) in [5, 5.41) is 11.8. The fourth-order valence-electron chi connectivity index (χ4n) is 10.0. The van der Waals surface area contributed by atoms with Crippen LogP contribution >= 0.6 is 0 Å². The second-order valence-corrected chi connectivity index (χ2v) is 24.1. The highest BCUT2D eigenvalue weighted by molar-refractivity contribution is 5.70. The quantitative estimate of drug-likeness (QED) is 0.0195. The molecule has 0 saturated heterocycles. The van der Waals surface area contributed by atoms with Gasteiger partial charge in [-0.25, -0.2) is 0 Å². The van der Waals surface area contributed by atoms with Crippen molar-refractivity contribution >= 4 is 17.9 Å². The van der Waals surface area contributed by atoms with Crippen LogP contribution in [0.1, 0.15) is 335 Å². The number of carboxylic acid groups (broad SMARTS) is 1. The van der Waals surface area contributed by atoms with Gasteiger partial charge in [-0.2, -0.15) is 0 Å². The van der Waals surface area contributed by atoms with Crippen LogP contribution in [0.2, 0.25) is 0 Å². The van der Waals surface area contributed by atoms with Crippen molar-refractivity contribution in [1.29, 1.82) is 0 Å². The third kappa shape index (κ3) is 61.2. The van der Waals surface area contributed by atoms with Gasteiger partial charge < -0.3 is 33.3 Å². The minimum atomic E-state index is -1.62. The van der Waals surface area contributed by atoms with E-state index in [1.54, 1.807) is 0 Å². The maximum atomic E-state index is 12.9. The SMILES string of the molecule is CCCCCCCC/C=C\CCCCCCCC(=O)OCC(COC(OCC[N+](C)(C)C)C(=O)[O-])OC(=O)CCCCCCCCCCCCCCCCCCCCCCCCCCC/C=C\CCCCCCCCCC. The van der Waals surface area contributed by atoms with E-state index in [0.29, 0.717) is 11.0 Å². The Bertz CT molecular complexity index is 1310. The van der Waals surface area contributed by atoms with Gasteiger partial charge in [0.1, 0.15) is 13.2 Å². The summed E-state index contributed by atoms with van der Waals surface area (Å²) in [6.07, 6.45) is 69.9. The number of quaternary nitrogens is 1. The molecular formula is C68H129NO8. The van der Waals surface area contributed by atoms with E-state index in [2.05, 4.69) is 38.2 Å². The van der Waals surface area contributed by atoms with Gasteiger partial charge in [0, 0.05) is 12.8 Å². The van der Waals surface area contributed by atoms with Gasteiger partial charge in [0.05, 0.1) is 40.3 Å². The van der Waals surface area contributed by atoms with Crippen LogP contribution < -0.4 is 5.11 Å². The number of aliphatic carboxylic acids is 1. The molecule has 0 saturated carbocycles. The van der Waals surface area contributed by atoms with Crippen molar-refractivity contribution in [3.8, 4) is 0 Å². The summed E-state index contributed by atoms with van der Waals surface area (Å²) in [6, 6.07) is 0. The molecule has 0 bridgehead atoms. The normalized spacial score (nSPS) is 12.8. The number of hydrogen-bond donors (Lipinski definition) is 0. The minimum Gasteiger partial charge on any atom is -0.545 e. The lowest BCUT2D eigenvalue weighted by atomic mass is 10.0. The molecule has 0 aromatic carbocycles. The van der Waals surface area contributed by atoms with Gasteiger partial charge >= 0.3 is 11.9 Å². The summed E-state index contributed by atoms with van der Waals surface area (Å²) in [5.41, 5.74) is 0. The van der Waals surface area contributed by atoms with Crippen molar-refractivity contribution < 1.29 is 42.9 Å². The molecule has 0 aliphatic rings. The van der Waals surface area contributed by atoms with Crippen molar-refractivity contribution in [3.63, 3.8) is 0 Å². The molecule has 0 radical (unpaired) electrons. The van der Waals surface area contributed by atoms with Crippen molar-refractivity contribution in [2.45, 2.75) is 347 Å². The van der Waals surface area contributed by atoms with Gasteiger partial charge in [0.25, 0.3) is 0 Å². The highest BCUT2D eigenvalue weighted by Crippen LogP contribution is 2.18. The number of esters is 2. The van der Waals surface area contributed by atoms with Gasteiger partial charge in [-0.3, -0.25) is 9.59 Å². The highest BCUT2D eigenvalue weighted by atomic mass is 16.7. The molecule has 0 aromatic rings. The lowest BCUT2D eigenvalue weighted by molar-refractivity contribution is -0.870. The lowest BCUT2D eigenvalue weighted by Crippen LogP contribution is -2.44. The molecule has 9 heteroatoms. The van der Waals surface area contributed by atoms with Crippen LogP contribution in [0.15, 0.2) is 24.3 Å². The highest BCUT2D eigenvalue weighted by Gasteiger charge is 2.22. The minimum absolute atomic E-state index is 0.149. The first-order valence-corrected chi connectivity index (χ1v) is 33.5. The molecule has 0 fully saturated rings. The summed E-state index contributed by atoms with van der Waals surface area (Å²) < 4.78 is 22.7. The van der Waals surface area contributed by atoms with E-state index < -0.39 is 24.3 Å². The van der Waals surface area contributed by atoms with E-state index >= 15 is 0 Å². The first-order valence-electron chi connectivity index (χ1n) is 33.5. The number of carbonyl (C=O) groups excluding carboxylic acids is 3. The lowest BCUT2D eigenvalue weighted by Gasteiger charge is -2.26. The molecule has 9 nitrogen and oxygen atoms in total. The van der Waals surface area contributed by atoms with Crippen LogP contribution in [-0.4, -0.2) is 82.3 Å². The first kappa shape index (κ1) is 74.8. The van der Waals surface area contributed by atoms with Gasteiger partial charge in [-0.1, -0.05) is 282 Å². The molecule has 454 valence electrons. The largest absolute Gasteiger partial charge is 0.545 e. The topological polar surface area (TPSA) is 111 Å². The van der Waals surface area contributed by atoms with Gasteiger partial charge in [0.15, 0.2) is 12.4 Å². The summed E-state index contributed by atoms with van der Waals surface area (Å²) in [4.78, 5) is 37.3. The first-order chi connectivity index (χ1) is 37.6. The Balaban J connectivity index is 3.96. The predicted molar refractivity (Wildman–Crippen MR) is 325 cm³/mol. The number of carbonyl (C=O) groups is 3. The molecule has 0 aliphatic heterocycles. The second kappa shape index (κ2) is 59.9. The zero-order chi connectivity index (χ0) is 56.2. The van der Waals surface area contributed by atoms with Crippen molar-refractivity contribution in [2.24, 2.45) is 0 Å². The number of ether oxygens (including phenoxy) is 4. The van der Waals surface area contributed by atoms with E-state index in [1.807, 2.05) is 21.1 Å². The average Bonchev–Trinajstić information content (AvgIpc) is 3.40. The van der Waals surface area contributed by atoms with E-state index in [-0.39, 0.29) is 38.6 Å². The number of hydrogen-bond acceptors (Lipinski definition) is 8. The predicted octanol–water partition coefficient (Wildman–Crippen LogP) is 18.9. The summed E-state index contributed by atoms with van der Waals surface area (Å²) in [5.74, 6) is -2.27. The molecule has 0 N–H and O–H groups in total. The number of likely N-dealkylation sites (N-methyl/N-ethyl adjacent to an activating group) is 1. The maximum absolute atomic E-state index is 12.9. The summed E-state index contributed by atoms with van der Waals surface area (Å²) >= 11 is 0. The Labute approximate surface area is 478 Å². The number of unbranched alkanes of at least 4 members (excludes halogenated alkanes) is 44. The van der Waals surface area contributed by atoms with Crippen LogP contribution in [-0.2, 0) is 33.3 Å². The Morgan fingerprint density at radius 2 is 0.662 bits per heavy atom. The van der Waals surface area contributed by atoms with Crippen LogP contribution in [0.3, 0.4) is 0 Å². The number of rotatable bonds is 63. The van der Waals surface area contributed by atoms with E-state index in [0.717, 1.165) is 57.8 Å². The fourth-order valence-corrected chi connectivity index (χ4v) is 10.0. The number of allylic oxidation sites excluding steroid dienone is 4. The van der Waals surface area contributed by atoms with E-state index in [9.17, 15) is 19.5 Å². The number of nitrogens with zero attached hydrogens (tertiary/aromatic N) is 1. The van der Waals surface area contributed by atoms with Crippen LogP contribution in [0.25, 0.3) is 0 Å². The van der Waals surface area contributed by atoms with Gasteiger partial charge in [-0.15, -0.1) is 0 Å². The monoisotopic (exact) mass is 1090 g/mol. The van der Waals surface area contributed by atoms with Crippen molar-refractivity contribution in [1.82, 2.24) is 0 Å². The van der Waals surface area contributed by atoms with E-state index in [4.69, 9.17) is 18.9 Å². The fraction of sp³-hybridized carbons (Fsp3) is 0.897. The Kier molecular flexibility index (Phi) is 58.1. The van der Waals surface area contributed by atoms with Crippen molar-refractivity contribution in [2.75, 3.05) is 47.5 Å². The number of carboxylic acids is 1. The summed E-state index contributed by atoms with van der Waals surface area (Å²) in [6.45, 7) is 4.78. The molecule has 0 heterocycles. The zero-order valence-corrected chi connectivity index (χ0v) is 51.9. The molecule has 2 atom stereocenters. The maximum Gasteiger partial charge on any atom is 0.306 e. The third-order valence-corrected chi connectivity index (χ3v) is 15.2. The molecule has 0 aromatic heterocycles. The van der Waals surface area contributed by atoms with Crippen LogP contribution in [0, 0.1) is 0 Å². The molecule has 0 aliphatic carbocycles. The van der Waals surface area contributed by atoms with Gasteiger partial charge in [0.2, 0.25) is 0 Å². The standard InChI is InChI=1S/C68H129NO8/c1-6-8-10-12-14-16-18-20-22-23-24-25-26-27-28-29-30-31-32-33-34-35-36-37-38-39-40-41-42-43-45-47-49-51-53-55-57-59-66(71)77-64(63-76-68(67(72)73)74-61-60-69(3,4)5)62-75-65(70)58-56-54-52-50-48-46-44-21-19-17-15-13-11-9-7-2/h21,23-24,44,64,68H,6-20,22,25-43,45-63H2,1-5H3/b24-23-,44-21-. The molecular weight excluding hydrogens is 959 g/mol. The van der Waals surface area contributed by atoms with Crippen LogP contribution in [0.4, 0.5) is 0 Å². The molecule has 0 rings (SSSR count). The molecule has 77 heavy (non-hydrogen) atoms. The van der Waals surface area contributed by atoms with Crippen molar-refractivity contribution in [3.05, 3.63) is 24.3 Å². The van der Waals surface area contributed by atoms with Gasteiger partial charge in [-0.05, 0) is 64.2 Å². The molecule has 0 amide bonds. The van der Waals surface area contributed by atoms with Crippen LogP contribution in [0.5, 0.6) is 0 Å². The smallest absolute Gasteiger partial charge is 0.306 e. The summed E-state index contributed by atoms with van der Waals surface area (Å²) in [7, 11) is 5.93.